The predicted molar refractivity (Wildman–Crippen MR) is 97.1 cm³/mol. The molecule has 0 N–H and O–H groups in total. The molecule has 1 aromatic heterocycles. The molecular formula is C22H22NO+. The van der Waals surface area contributed by atoms with Gasteiger partial charge in [-0.05, 0) is 23.6 Å². The van der Waals surface area contributed by atoms with Gasteiger partial charge < -0.3 is 0 Å². The quantitative estimate of drug-likeness (QED) is 0.514. The first kappa shape index (κ1) is 16.1. The van der Waals surface area contributed by atoms with Gasteiger partial charge >= 0.3 is 0 Å². The Balaban J connectivity index is 1.81. The Morgan fingerprint density at radius 3 is 1.92 bits per heavy atom. The van der Waals surface area contributed by atoms with Gasteiger partial charge in [-0.1, -0.05) is 54.6 Å². The van der Waals surface area contributed by atoms with Crippen LogP contribution in [0.2, 0.25) is 0 Å². The number of aryl methyl sites for hydroxylation is 3. The number of Topliss-reactive ketones (excluding diaryl/α,β-unsaturated/α-hetero) is 1. The first-order chi connectivity index (χ1) is 11.5. The summed E-state index contributed by atoms with van der Waals surface area (Å²) in [5.74, 6) is 0.134. The van der Waals surface area contributed by atoms with Gasteiger partial charge in [0, 0.05) is 31.5 Å². The zero-order chi connectivity index (χ0) is 17.1. The standard InChI is InChI=1S/C22H22NO/c1-16-13-17(2)23(18(3)14-16)15-22(24)21-11-9-20(10-12-21)19-7-5-4-6-8-19/h4-14H,15H2,1-3H3/q+1. The smallest absolute Gasteiger partial charge is 0.227 e. The predicted octanol–water partition coefficient (Wildman–Crippen LogP) is 4.45. The highest BCUT2D eigenvalue weighted by Gasteiger charge is 2.17. The lowest BCUT2D eigenvalue weighted by Crippen LogP contribution is -2.43. The molecule has 0 aliphatic rings. The first-order valence-electron chi connectivity index (χ1n) is 8.21. The summed E-state index contributed by atoms with van der Waals surface area (Å²) in [5.41, 5.74) is 6.49. The molecule has 0 saturated carbocycles. The lowest BCUT2D eigenvalue weighted by atomic mass is 10.0. The Labute approximate surface area is 143 Å². The summed E-state index contributed by atoms with van der Waals surface area (Å²) in [6, 6.07) is 22.3. The molecule has 120 valence electrons. The van der Waals surface area contributed by atoms with Gasteiger partial charge in [0.25, 0.3) is 0 Å². The third-order valence-corrected chi connectivity index (χ3v) is 4.34. The van der Waals surface area contributed by atoms with Gasteiger partial charge in [0.2, 0.25) is 12.3 Å². The normalized spacial score (nSPS) is 10.6. The van der Waals surface area contributed by atoms with Crippen molar-refractivity contribution in [2.45, 2.75) is 27.3 Å². The highest BCUT2D eigenvalue weighted by molar-refractivity contribution is 5.95. The molecule has 0 spiro atoms. The number of hydrogen-bond donors (Lipinski definition) is 0. The summed E-state index contributed by atoms with van der Waals surface area (Å²) in [6.45, 7) is 6.55. The lowest BCUT2D eigenvalue weighted by Gasteiger charge is -2.06. The van der Waals surface area contributed by atoms with E-state index in [1.165, 1.54) is 5.56 Å². The second kappa shape index (κ2) is 6.79. The molecule has 0 fully saturated rings. The average Bonchev–Trinajstić information content (AvgIpc) is 2.59. The van der Waals surface area contributed by atoms with Crippen molar-refractivity contribution >= 4 is 5.78 Å². The maximum absolute atomic E-state index is 12.6. The van der Waals surface area contributed by atoms with E-state index in [9.17, 15) is 4.79 Å². The second-order valence-electron chi connectivity index (χ2n) is 6.27. The summed E-state index contributed by atoms with van der Waals surface area (Å²) in [7, 11) is 0. The fraction of sp³-hybridized carbons (Fsp3) is 0.182. The highest BCUT2D eigenvalue weighted by atomic mass is 16.1. The van der Waals surface area contributed by atoms with Gasteiger partial charge in [0.05, 0.1) is 0 Å². The van der Waals surface area contributed by atoms with Crippen molar-refractivity contribution < 1.29 is 9.36 Å². The fourth-order valence-electron chi connectivity index (χ4n) is 3.10. The molecule has 0 amide bonds. The number of rotatable bonds is 4. The number of benzene rings is 2. The molecule has 3 aromatic rings. The number of carbonyl (C=O) groups is 1. The van der Waals surface area contributed by atoms with Gasteiger partial charge in [-0.15, -0.1) is 0 Å². The number of nitrogens with zero attached hydrogens (tertiary/aromatic N) is 1. The summed E-state index contributed by atoms with van der Waals surface area (Å²) in [6.07, 6.45) is 0. The van der Waals surface area contributed by atoms with E-state index >= 15 is 0 Å². The van der Waals surface area contributed by atoms with Crippen LogP contribution < -0.4 is 4.57 Å². The molecule has 2 nitrogen and oxygen atoms in total. The van der Waals surface area contributed by atoms with Crippen LogP contribution in [-0.4, -0.2) is 5.78 Å². The van der Waals surface area contributed by atoms with Crippen LogP contribution >= 0.6 is 0 Å². The first-order valence-corrected chi connectivity index (χ1v) is 8.21. The minimum atomic E-state index is 0.134. The van der Waals surface area contributed by atoms with E-state index in [-0.39, 0.29) is 5.78 Å². The van der Waals surface area contributed by atoms with Crippen LogP contribution in [0.4, 0.5) is 0 Å². The summed E-state index contributed by atoms with van der Waals surface area (Å²) in [5, 5.41) is 0. The SMILES string of the molecule is Cc1cc(C)[n+](CC(=O)c2ccc(-c3ccccc3)cc2)c(C)c1. The van der Waals surface area contributed by atoms with E-state index in [4.69, 9.17) is 0 Å². The van der Waals surface area contributed by atoms with Gasteiger partial charge in [-0.25, -0.2) is 0 Å². The number of ketones is 1. The molecule has 24 heavy (non-hydrogen) atoms. The maximum Gasteiger partial charge on any atom is 0.227 e. The van der Waals surface area contributed by atoms with Crippen LogP contribution in [0, 0.1) is 20.8 Å². The Morgan fingerprint density at radius 1 is 0.792 bits per heavy atom. The highest BCUT2D eigenvalue weighted by Crippen LogP contribution is 2.19. The minimum absolute atomic E-state index is 0.134. The molecule has 2 aromatic carbocycles. The van der Waals surface area contributed by atoms with Crippen molar-refractivity contribution in [1.29, 1.82) is 0 Å². The van der Waals surface area contributed by atoms with Crippen LogP contribution in [0.5, 0.6) is 0 Å². The van der Waals surface area contributed by atoms with Crippen LogP contribution in [0.15, 0.2) is 66.7 Å². The van der Waals surface area contributed by atoms with E-state index in [0.717, 1.165) is 28.1 Å². The maximum atomic E-state index is 12.6. The zero-order valence-electron chi connectivity index (χ0n) is 14.4. The van der Waals surface area contributed by atoms with Crippen molar-refractivity contribution in [2.75, 3.05) is 0 Å². The summed E-state index contributed by atoms with van der Waals surface area (Å²) in [4.78, 5) is 12.6. The van der Waals surface area contributed by atoms with Crippen LogP contribution in [0.1, 0.15) is 27.3 Å². The fourth-order valence-corrected chi connectivity index (χ4v) is 3.10. The molecule has 3 rings (SSSR count). The van der Waals surface area contributed by atoms with Crippen LogP contribution in [0.3, 0.4) is 0 Å². The molecule has 0 aliphatic carbocycles. The van der Waals surface area contributed by atoms with Gasteiger partial charge in [-0.2, -0.15) is 4.57 Å². The third kappa shape index (κ3) is 3.43. The molecule has 0 bridgehead atoms. The van der Waals surface area contributed by atoms with Crippen molar-refractivity contribution in [3.63, 3.8) is 0 Å². The van der Waals surface area contributed by atoms with Gasteiger partial charge in [-0.3, -0.25) is 4.79 Å². The van der Waals surface area contributed by atoms with E-state index in [1.807, 2.05) is 56.3 Å². The number of aromatic nitrogens is 1. The Morgan fingerprint density at radius 2 is 1.33 bits per heavy atom. The van der Waals surface area contributed by atoms with E-state index in [2.05, 4.69) is 35.8 Å². The van der Waals surface area contributed by atoms with Gasteiger partial charge in [0.15, 0.2) is 11.4 Å². The van der Waals surface area contributed by atoms with Crippen molar-refractivity contribution in [2.24, 2.45) is 0 Å². The molecule has 0 aliphatic heterocycles. The van der Waals surface area contributed by atoms with Crippen molar-refractivity contribution in [3.8, 4) is 11.1 Å². The third-order valence-electron chi connectivity index (χ3n) is 4.34. The van der Waals surface area contributed by atoms with E-state index < -0.39 is 0 Å². The topological polar surface area (TPSA) is 20.9 Å². The zero-order valence-corrected chi connectivity index (χ0v) is 14.4. The minimum Gasteiger partial charge on any atom is -0.287 e. The molecule has 0 atom stereocenters. The second-order valence-corrected chi connectivity index (χ2v) is 6.27. The molecule has 0 saturated heterocycles. The molecular weight excluding hydrogens is 294 g/mol. The van der Waals surface area contributed by atoms with Gasteiger partial charge in [0.1, 0.15) is 0 Å². The van der Waals surface area contributed by atoms with E-state index in [0.29, 0.717) is 6.54 Å². The van der Waals surface area contributed by atoms with Crippen molar-refractivity contribution in [1.82, 2.24) is 0 Å². The Bertz CT molecular complexity index is 841. The molecule has 2 heteroatoms. The Kier molecular flexibility index (Phi) is 4.57. The van der Waals surface area contributed by atoms with E-state index in [1.54, 1.807) is 0 Å². The number of carbonyl (C=O) groups excluding carboxylic acids is 1. The molecule has 0 radical (unpaired) electrons. The molecule has 1 heterocycles. The average molecular weight is 316 g/mol. The summed E-state index contributed by atoms with van der Waals surface area (Å²) >= 11 is 0. The van der Waals surface area contributed by atoms with Crippen LogP contribution in [-0.2, 0) is 6.54 Å². The number of pyridine rings is 1. The monoisotopic (exact) mass is 316 g/mol. The summed E-state index contributed by atoms with van der Waals surface area (Å²) < 4.78 is 2.07. The number of hydrogen-bond acceptors (Lipinski definition) is 1. The van der Waals surface area contributed by atoms with Crippen molar-refractivity contribution in [3.05, 3.63) is 89.2 Å². The lowest BCUT2D eigenvalue weighted by molar-refractivity contribution is -0.695. The largest absolute Gasteiger partial charge is 0.287 e. The Hall–Kier alpha value is -2.74. The van der Waals surface area contributed by atoms with Crippen LogP contribution in [0.25, 0.3) is 11.1 Å². The molecule has 0 unspecified atom stereocenters.